The van der Waals surface area contributed by atoms with Gasteiger partial charge in [0.25, 0.3) is 0 Å². The Labute approximate surface area is 155 Å². The number of imidazole rings is 1. The van der Waals surface area contributed by atoms with Gasteiger partial charge < -0.3 is 9.47 Å². The number of amides is 1. The molecule has 0 bridgehead atoms. The first-order valence-corrected chi connectivity index (χ1v) is 9.58. The second-order valence-corrected chi connectivity index (χ2v) is 7.12. The number of pyridine rings is 1. The Morgan fingerprint density at radius 1 is 1.27 bits per heavy atom. The molecular weight excluding hydrogens is 326 g/mol. The Balaban J connectivity index is 1.67. The fourth-order valence-electron chi connectivity index (χ4n) is 3.62. The summed E-state index contributed by atoms with van der Waals surface area (Å²) in [5.74, 6) is 0.254. The van der Waals surface area contributed by atoms with Crippen LogP contribution in [0.1, 0.15) is 37.7 Å². The Hall–Kier alpha value is -2.21. The zero-order valence-corrected chi connectivity index (χ0v) is 15.6. The van der Waals surface area contributed by atoms with Crippen molar-refractivity contribution >= 4 is 5.91 Å². The van der Waals surface area contributed by atoms with Gasteiger partial charge in [-0.25, -0.2) is 4.98 Å². The molecule has 0 radical (unpaired) electrons. The molecule has 0 N–H and O–H groups in total. The monoisotopic (exact) mass is 355 g/mol. The predicted octanol–water partition coefficient (Wildman–Crippen LogP) is 2.57. The van der Waals surface area contributed by atoms with Gasteiger partial charge in [-0.15, -0.1) is 0 Å². The van der Waals surface area contributed by atoms with E-state index < -0.39 is 0 Å². The van der Waals surface area contributed by atoms with Crippen molar-refractivity contribution in [1.82, 2.24) is 24.3 Å². The second-order valence-electron chi connectivity index (χ2n) is 7.12. The van der Waals surface area contributed by atoms with Gasteiger partial charge >= 0.3 is 0 Å². The minimum absolute atomic E-state index is 0.00224. The molecule has 3 rings (SSSR count). The quantitative estimate of drug-likeness (QED) is 0.766. The van der Waals surface area contributed by atoms with Gasteiger partial charge in [-0.2, -0.15) is 0 Å². The molecule has 0 aliphatic carbocycles. The summed E-state index contributed by atoms with van der Waals surface area (Å²) in [4.78, 5) is 25.8. The van der Waals surface area contributed by atoms with E-state index in [4.69, 9.17) is 0 Å². The molecule has 0 saturated carbocycles. The number of hydrogen-bond donors (Lipinski definition) is 0. The van der Waals surface area contributed by atoms with E-state index in [-0.39, 0.29) is 11.9 Å². The van der Waals surface area contributed by atoms with Crippen LogP contribution in [0.4, 0.5) is 0 Å². The van der Waals surface area contributed by atoms with Gasteiger partial charge in [-0.05, 0) is 44.5 Å². The van der Waals surface area contributed by atoms with Crippen molar-refractivity contribution in [3.8, 4) is 0 Å². The zero-order valence-electron chi connectivity index (χ0n) is 15.6. The van der Waals surface area contributed by atoms with Crippen LogP contribution < -0.4 is 0 Å². The first-order valence-electron chi connectivity index (χ1n) is 9.58. The Morgan fingerprint density at radius 2 is 2.19 bits per heavy atom. The van der Waals surface area contributed by atoms with Crippen molar-refractivity contribution < 1.29 is 4.79 Å². The molecule has 6 heteroatoms. The fourth-order valence-corrected chi connectivity index (χ4v) is 3.62. The molecule has 26 heavy (non-hydrogen) atoms. The summed E-state index contributed by atoms with van der Waals surface area (Å²) in [6, 6.07) is 3.98. The van der Waals surface area contributed by atoms with E-state index in [0.717, 1.165) is 44.5 Å². The lowest BCUT2D eigenvalue weighted by Crippen LogP contribution is -2.47. The first kappa shape index (κ1) is 18.6. The first-order chi connectivity index (χ1) is 12.7. The van der Waals surface area contributed by atoms with E-state index in [1.807, 2.05) is 35.8 Å². The van der Waals surface area contributed by atoms with Crippen LogP contribution in [0.25, 0.3) is 0 Å². The number of likely N-dealkylation sites (tertiary alicyclic amines) is 1. The van der Waals surface area contributed by atoms with E-state index in [1.54, 1.807) is 12.4 Å². The molecule has 1 saturated heterocycles. The lowest BCUT2D eigenvalue weighted by atomic mass is 10.1. The molecule has 0 aromatic carbocycles. The smallest absolute Gasteiger partial charge is 0.240 e. The number of rotatable bonds is 7. The zero-order chi connectivity index (χ0) is 18.2. The van der Waals surface area contributed by atoms with Gasteiger partial charge in [-0.1, -0.05) is 18.9 Å². The summed E-state index contributed by atoms with van der Waals surface area (Å²) >= 11 is 0. The van der Waals surface area contributed by atoms with Crippen molar-refractivity contribution in [1.29, 1.82) is 0 Å². The fraction of sp³-hybridized carbons (Fsp3) is 0.550. The molecule has 1 aliphatic rings. The van der Waals surface area contributed by atoms with Crippen LogP contribution in [0.2, 0.25) is 0 Å². The lowest BCUT2D eigenvalue weighted by molar-refractivity contribution is -0.137. The van der Waals surface area contributed by atoms with Crippen LogP contribution in [-0.4, -0.2) is 56.4 Å². The molecule has 2 aromatic rings. The molecule has 0 unspecified atom stereocenters. The van der Waals surface area contributed by atoms with Gasteiger partial charge in [0.15, 0.2) is 0 Å². The molecule has 1 fully saturated rings. The highest BCUT2D eigenvalue weighted by Gasteiger charge is 2.28. The molecule has 0 spiro atoms. The van der Waals surface area contributed by atoms with Crippen molar-refractivity contribution in [2.45, 2.75) is 51.2 Å². The summed E-state index contributed by atoms with van der Waals surface area (Å²) in [6.07, 6.45) is 14.6. The van der Waals surface area contributed by atoms with Crippen LogP contribution in [0.5, 0.6) is 0 Å². The van der Waals surface area contributed by atoms with Gasteiger partial charge in [-0.3, -0.25) is 14.7 Å². The summed E-state index contributed by atoms with van der Waals surface area (Å²) in [5.41, 5.74) is 1.08. The summed E-state index contributed by atoms with van der Waals surface area (Å²) in [6.45, 7) is 3.25. The number of carbonyl (C=O) groups is 1. The van der Waals surface area contributed by atoms with E-state index in [9.17, 15) is 4.79 Å². The molecule has 1 amide bonds. The summed E-state index contributed by atoms with van der Waals surface area (Å²) in [7, 11) is 2.08. The Morgan fingerprint density at radius 3 is 2.96 bits per heavy atom. The number of aromatic nitrogens is 3. The van der Waals surface area contributed by atoms with Crippen LogP contribution in [0, 0.1) is 0 Å². The highest BCUT2D eigenvalue weighted by Crippen LogP contribution is 2.18. The van der Waals surface area contributed by atoms with Gasteiger partial charge in [0.1, 0.15) is 0 Å². The highest BCUT2D eigenvalue weighted by molar-refractivity contribution is 5.81. The van der Waals surface area contributed by atoms with E-state index >= 15 is 0 Å². The third kappa shape index (κ3) is 5.14. The van der Waals surface area contributed by atoms with Crippen molar-refractivity contribution in [2.24, 2.45) is 0 Å². The third-order valence-corrected chi connectivity index (χ3v) is 5.12. The Kier molecular flexibility index (Phi) is 6.77. The maximum atomic E-state index is 13.3. The minimum Gasteiger partial charge on any atom is -0.337 e. The number of carbonyl (C=O) groups excluding carboxylic acids is 1. The molecule has 1 atom stereocenters. The highest BCUT2D eigenvalue weighted by atomic mass is 16.2. The van der Waals surface area contributed by atoms with Gasteiger partial charge in [0.05, 0.1) is 12.4 Å². The SMILES string of the molecule is CN1CCCCC[C@H]1C(=O)N(CCCn1ccnc1)Cc1cccnc1. The molecule has 3 heterocycles. The van der Waals surface area contributed by atoms with Crippen LogP contribution in [-0.2, 0) is 17.9 Å². The number of likely N-dealkylation sites (N-methyl/N-ethyl adjacent to an activating group) is 1. The predicted molar refractivity (Wildman–Crippen MR) is 101 cm³/mol. The van der Waals surface area contributed by atoms with E-state index in [1.165, 1.54) is 12.8 Å². The molecular formula is C20H29N5O. The minimum atomic E-state index is 0.00224. The number of hydrogen-bond acceptors (Lipinski definition) is 4. The van der Waals surface area contributed by atoms with Crippen LogP contribution in [0.3, 0.4) is 0 Å². The largest absolute Gasteiger partial charge is 0.337 e. The molecule has 140 valence electrons. The third-order valence-electron chi connectivity index (χ3n) is 5.12. The maximum Gasteiger partial charge on any atom is 0.240 e. The number of aryl methyl sites for hydroxylation is 1. The lowest BCUT2D eigenvalue weighted by Gasteiger charge is -2.31. The number of nitrogens with zero attached hydrogens (tertiary/aromatic N) is 5. The molecule has 2 aromatic heterocycles. The average molecular weight is 355 g/mol. The van der Waals surface area contributed by atoms with Crippen molar-refractivity contribution in [2.75, 3.05) is 20.1 Å². The normalized spacial score (nSPS) is 18.4. The maximum absolute atomic E-state index is 13.3. The van der Waals surface area contributed by atoms with Crippen molar-refractivity contribution in [3.63, 3.8) is 0 Å². The van der Waals surface area contributed by atoms with E-state index in [2.05, 4.69) is 26.5 Å². The van der Waals surface area contributed by atoms with Gasteiger partial charge in [0.2, 0.25) is 5.91 Å². The molecule has 6 nitrogen and oxygen atoms in total. The van der Waals surface area contributed by atoms with Crippen LogP contribution in [0.15, 0.2) is 43.2 Å². The Bertz CT molecular complexity index is 658. The summed E-state index contributed by atoms with van der Waals surface area (Å²) in [5, 5.41) is 0. The summed E-state index contributed by atoms with van der Waals surface area (Å²) < 4.78 is 2.06. The van der Waals surface area contributed by atoms with Crippen LogP contribution >= 0.6 is 0 Å². The van der Waals surface area contributed by atoms with Crippen molar-refractivity contribution in [3.05, 3.63) is 48.8 Å². The topological polar surface area (TPSA) is 54.3 Å². The second kappa shape index (κ2) is 9.48. The standard InChI is InChI=1S/C20H29N5O/c1-23-11-4-2-3-8-19(23)20(26)25(16-18-7-5-9-21-15-18)13-6-12-24-14-10-22-17-24/h5,7,9-10,14-15,17,19H,2-4,6,8,11-13,16H2,1H3/t19-/m0/s1. The average Bonchev–Trinajstić information content (AvgIpc) is 3.08. The van der Waals surface area contributed by atoms with E-state index in [0.29, 0.717) is 6.54 Å². The molecule has 1 aliphatic heterocycles. The van der Waals surface area contributed by atoms with Gasteiger partial charge in [0, 0.05) is 44.4 Å².